The van der Waals surface area contributed by atoms with Crippen molar-refractivity contribution in [3.8, 4) is 0 Å². The van der Waals surface area contributed by atoms with Gasteiger partial charge in [0.15, 0.2) is 0 Å². The van der Waals surface area contributed by atoms with Crippen molar-refractivity contribution < 1.29 is 4.79 Å². The third-order valence-electron chi connectivity index (χ3n) is 3.49. The minimum Gasteiger partial charge on any atom is -0.358 e. The van der Waals surface area contributed by atoms with Gasteiger partial charge in [-0.25, -0.2) is 9.97 Å². The summed E-state index contributed by atoms with van der Waals surface area (Å²) in [5.41, 5.74) is 0.869. The summed E-state index contributed by atoms with van der Waals surface area (Å²) in [6, 6.07) is 7.45. The first-order valence-corrected chi connectivity index (χ1v) is 7.34. The van der Waals surface area contributed by atoms with Gasteiger partial charge in [0.2, 0.25) is 5.91 Å². The molecule has 0 aliphatic heterocycles. The lowest BCUT2D eigenvalue weighted by molar-refractivity contribution is -0.130. The molecule has 0 aliphatic carbocycles. The van der Waals surface area contributed by atoms with Gasteiger partial charge in [-0.05, 0) is 25.5 Å². The van der Waals surface area contributed by atoms with Crippen molar-refractivity contribution in [3.63, 3.8) is 0 Å². The van der Waals surface area contributed by atoms with Crippen LogP contribution in [-0.4, -0.2) is 40.4 Å². The topological polar surface area (TPSA) is 58.1 Å². The van der Waals surface area contributed by atoms with Crippen LogP contribution in [0.5, 0.6) is 0 Å². The molecule has 1 aromatic heterocycles. The summed E-state index contributed by atoms with van der Waals surface area (Å²) < 4.78 is 0. The molecule has 0 radical (unpaired) electrons. The van der Waals surface area contributed by atoms with Crippen LogP contribution in [-0.2, 0) is 4.79 Å². The maximum Gasteiger partial charge on any atom is 0.244 e. The van der Waals surface area contributed by atoms with E-state index in [0.29, 0.717) is 5.82 Å². The fourth-order valence-corrected chi connectivity index (χ4v) is 2.22. The van der Waals surface area contributed by atoms with E-state index >= 15 is 0 Å². The SMILES string of the molecule is CCCCN(C)C(=O)C(C)Nc1ncnc2ccccc12. The summed E-state index contributed by atoms with van der Waals surface area (Å²) in [5, 5.41) is 4.13. The standard InChI is InChI=1S/C16H22N4O/c1-4-5-10-20(3)16(21)12(2)19-15-13-8-6-7-9-14(13)17-11-18-15/h6-9,11-12H,4-5,10H2,1-3H3,(H,17,18,19). The van der Waals surface area contributed by atoms with E-state index in [2.05, 4.69) is 22.2 Å². The van der Waals surface area contributed by atoms with Crippen LogP contribution in [0.1, 0.15) is 26.7 Å². The van der Waals surface area contributed by atoms with Crippen molar-refractivity contribution in [2.24, 2.45) is 0 Å². The molecule has 0 bridgehead atoms. The highest BCUT2D eigenvalue weighted by Gasteiger charge is 2.18. The van der Waals surface area contributed by atoms with E-state index in [-0.39, 0.29) is 11.9 Å². The minimum atomic E-state index is -0.315. The second kappa shape index (κ2) is 7.02. The Morgan fingerprint density at radius 3 is 2.86 bits per heavy atom. The predicted octanol–water partition coefficient (Wildman–Crippen LogP) is 2.69. The second-order valence-electron chi connectivity index (χ2n) is 5.22. The van der Waals surface area contributed by atoms with Crippen LogP contribution in [0, 0.1) is 0 Å². The number of fused-ring (bicyclic) bond motifs is 1. The van der Waals surface area contributed by atoms with Crippen LogP contribution >= 0.6 is 0 Å². The smallest absolute Gasteiger partial charge is 0.244 e. The molecule has 0 fully saturated rings. The van der Waals surface area contributed by atoms with E-state index in [1.54, 1.807) is 4.90 Å². The molecule has 2 aromatic rings. The average Bonchev–Trinajstić information content (AvgIpc) is 2.52. The Bertz CT molecular complexity index is 609. The first-order valence-electron chi connectivity index (χ1n) is 7.34. The van der Waals surface area contributed by atoms with Gasteiger partial charge in [0.1, 0.15) is 18.2 Å². The second-order valence-corrected chi connectivity index (χ2v) is 5.22. The number of unbranched alkanes of at least 4 members (excludes halogenated alkanes) is 1. The molecule has 1 heterocycles. The summed E-state index contributed by atoms with van der Waals surface area (Å²) in [6.45, 7) is 4.76. The monoisotopic (exact) mass is 286 g/mol. The molecule has 1 N–H and O–H groups in total. The number of benzene rings is 1. The number of amides is 1. The quantitative estimate of drug-likeness (QED) is 0.887. The number of nitrogens with one attached hydrogen (secondary N) is 1. The number of aromatic nitrogens is 2. The van der Waals surface area contributed by atoms with Gasteiger partial charge in [0.25, 0.3) is 0 Å². The summed E-state index contributed by atoms with van der Waals surface area (Å²) in [5.74, 6) is 0.775. The number of carbonyl (C=O) groups excluding carboxylic acids is 1. The van der Waals surface area contributed by atoms with E-state index in [9.17, 15) is 4.79 Å². The van der Waals surface area contributed by atoms with Crippen molar-refractivity contribution >= 4 is 22.6 Å². The maximum absolute atomic E-state index is 12.3. The Morgan fingerprint density at radius 2 is 2.10 bits per heavy atom. The lowest BCUT2D eigenvalue weighted by Crippen LogP contribution is -2.39. The minimum absolute atomic E-state index is 0.0751. The number of rotatable bonds is 6. The number of carbonyl (C=O) groups is 1. The molecule has 1 atom stereocenters. The summed E-state index contributed by atoms with van der Waals surface area (Å²) in [7, 11) is 1.84. The van der Waals surface area contributed by atoms with Crippen molar-refractivity contribution in [1.82, 2.24) is 14.9 Å². The van der Waals surface area contributed by atoms with Crippen LogP contribution < -0.4 is 5.32 Å². The van der Waals surface area contributed by atoms with E-state index in [1.165, 1.54) is 6.33 Å². The van der Waals surface area contributed by atoms with Gasteiger partial charge in [-0.15, -0.1) is 0 Å². The highest BCUT2D eigenvalue weighted by molar-refractivity contribution is 5.91. The van der Waals surface area contributed by atoms with Crippen molar-refractivity contribution in [2.75, 3.05) is 18.9 Å². The average molecular weight is 286 g/mol. The Balaban J connectivity index is 2.11. The number of nitrogens with zero attached hydrogens (tertiary/aromatic N) is 3. The Labute approximate surface area is 125 Å². The Hall–Kier alpha value is -2.17. The molecule has 5 heteroatoms. The van der Waals surface area contributed by atoms with Gasteiger partial charge in [-0.2, -0.15) is 0 Å². The van der Waals surface area contributed by atoms with Crippen LogP contribution in [0.25, 0.3) is 10.9 Å². The molecule has 1 aromatic carbocycles. The Morgan fingerprint density at radius 1 is 1.33 bits per heavy atom. The fourth-order valence-electron chi connectivity index (χ4n) is 2.22. The van der Waals surface area contributed by atoms with Crippen LogP contribution in [0.15, 0.2) is 30.6 Å². The first kappa shape index (κ1) is 15.2. The number of hydrogen-bond acceptors (Lipinski definition) is 4. The largest absolute Gasteiger partial charge is 0.358 e. The van der Waals surface area contributed by atoms with Crippen LogP contribution in [0.4, 0.5) is 5.82 Å². The fraction of sp³-hybridized carbons (Fsp3) is 0.438. The summed E-state index contributed by atoms with van der Waals surface area (Å²) >= 11 is 0. The lowest BCUT2D eigenvalue weighted by atomic mass is 10.2. The molecule has 0 saturated carbocycles. The zero-order chi connectivity index (χ0) is 15.2. The zero-order valence-electron chi connectivity index (χ0n) is 12.8. The zero-order valence-corrected chi connectivity index (χ0v) is 12.8. The Kier molecular flexibility index (Phi) is 5.09. The molecule has 5 nitrogen and oxygen atoms in total. The summed E-state index contributed by atoms with van der Waals surface area (Å²) in [4.78, 5) is 22.6. The molecule has 2 rings (SSSR count). The van der Waals surface area contributed by atoms with E-state index in [1.807, 2.05) is 38.2 Å². The number of anilines is 1. The first-order chi connectivity index (χ1) is 10.1. The molecule has 112 valence electrons. The number of hydrogen-bond donors (Lipinski definition) is 1. The maximum atomic E-state index is 12.3. The highest BCUT2D eigenvalue weighted by Crippen LogP contribution is 2.19. The van der Waals surface area contributed by atoms with Crippen molar-refractivity contribution in [2.45, 2.75) is 32.7 Å². The molecule has 0 spiro atoms. The van der Waals surface area contributed by atoms with Crippen LogP contribution in [0.3, 0.4) is 0 Å². The highest BCUT2D eigenvalue weighted by atomic mass is 16.2. The van der Waals surface area contributed by atoms with Gasteiger partial charge in [0.05, 0.1) is 5.52 Å². The van der Waals surface area contributed by atoms with E-state index < -0.39 is 0 Å². The third kappa shape index (κ3) is 3.68. The van der Waals surface area contributed by atoms with Crippen LogP contribution in [0.2, 0.25) is 0 Å². The molecule has 1 amide bonds. The number of likely N-dealkylation sites (N-methyl/N-ethyl adjacent to an activating group) is 1. The van der Waals surface area contributed by atoms with Crippen molar-refractivity contribution in [1.29, 1.82) is 0 Å². The third-order valence-corrected chi connectivity index (χ3v) is 3.49. The van der Waals surface area contributed by atoms with Gasteiger partial charge in [-0.3, -0.25) is 4.79 Å². The van der Waals surface area contributed by atoms with Gasteiger partial charge >= 0.3 is 0 Å². The van der Waals surface area contributed by atoms with Gasteiger partial charge in [0, 0.05) is 19.0 Å². The molecule has 0 aliphatic rings. The van der Waals surface area contributed by atoms with E-state index in [0.717, 1.165) is 30.3 Å². The number of para-hydroxylation sites is 1. The molecule has 21 heavy (non-hydrogen) atoms. The molecular weight excluding hydrogens is 264 g/mol. The van der Waals surface area contributed by atoms with Gasteiger partial charge < -0.3 is 10.2 Å². The van der Waals surface area contributed by atoms with Gasteiger partial charge in [-0.1, -0.05) is 25.5 Å². The molecular formula is C16H22N4O. The van der Waals surface area contributed by atoms with Crippen molar-refractivity contribution in [3.05, 3.63) is 30.6 Å². The lowest BCUT2D eigenvalue weighted by Gasteiger charge is -2.22. The normalized spacial score (nSPS) is 12.1. The summed E-state index contributed by atoms with van der Waals surface area (Å²) in [6.07, 6.45) is 3.62. The predicted molar refractivity (Wildman–Crippen MR) is 85.2 cm³/mol. The molecule has 0 saturated heterocycles. The molecule has 1 unspecified atom stereocenters. The van der Waals surface area contributed by atoms with E-state index in [4.69, 9.17) is 0 Å².